The zero-order valence-corrected chi connectivity index (χ0v) is 12.8. The predicted molar refractivity (Wildman–Crippen MR) is 77.7 cm³/mol. The van der Waals surface area contributed by atoms with Crippen molar-refractivity contribution < 1.29 is 8.42 Å². The van der Waals surface area contributed by atoms with Gasteiger partial charge in [0.25, 0.3) is 0 Å². The van der Waals surface area contributed by atoms with Crippen molar-refractivity contribution in [3.8, 4) is 6.07 Å². The van der Waals surface area contributed by atoms with Crippen LogP contribution in [0.4, 0.5) is 0 Å². The van der Waals surface area contributed by atoms with Gasteiger partial charge in [-0.1, -0.05) is 25.8 Å². The fourth-order valence-electron chi connectivity index (χ4n) is 2.71. The molecule has 0 atom stereocenters. The third-order valence-corrected chi connectivity index (χ3v) is 5.65. The SMILES string of the molecule is Cc1ccc(C#N)cc1S(=O)(=O)NCC1(C)CCCC1. The van der Waals surface area contributed by atoms with Crippen molar-refractivity contribution in [1.29, 1.82) is 5.26 Å². The number of nitrogens with one attached hydrogen (secondary N) is 1. The van der Waals surface area contributed by atoms with E-state index in [0.717, 1.165) is 12.8 Å². The summed E-state index contributed by atoms with van der Waals surface area (Å²) < 4.78 is 27.5. The van der Waals surface area contributed by atoms with Crippen molar-refractivity contribution in [3.63, 3.8) is 0 Å². The summed E-state index contributed by atoms with van der Waals surface area (Å²) in [5.41, 5.74) is 1.09. The van der Waals surface area contributed by atoms with E-state index in [1.54, 1.807) is 19.1 Å². The van der Waals surface area contributed by atoms with Gasteiger partial charge in [0, 0.05) is 6.54 Å². The first kappa shape index (κ1) is 15.0. The third-order valence-electron chi connectivity index (χ3n) is 4.11. The number of benzene rings is 1. The molecule has 0 unspecified atom stereocenters. The molecule has 20 heavy (non-hydrogen) atoms. The van der Waals surface area contributed by atoms with Crippen molar-refractivity contribution in [2.24, 2.45) is 5.41 Å². The maximum atomic E-state index is 12.4. The Morgan fingerprint density at radius 1 is 1.35 bits per heavy atom. The van der Waals surface area contributed by atoms with Gasteiger partial charge in [-0.05, 0) is 42.9 Å². The van der Waals surface area contributed by atoms with Crippen LogP contribution in [0.25, 0.3) is 0 Å². The van der Waals surface area contributed by atoms with E-state index < -0.39 is 10.0 Å². The van der Waals surface area contributed by atoms with Crippen LogP contribution in [0.5, 0.6) is 0 Å². The zero-order chi connectivity index (χ0) is 14.8. The normalized spacial score (nSPS) is 17.9. The number of nitriles is 1. The Morgan fingerprint density at radius 3 is 2.60 bits per heavy atom. The number of nitrogens with zero attached hydrogens (tertiary/aromatic N) is 1. The lowest BCUT2D eigenvalue weighted by Crippen LogP contribution is -2.34. The van der Waals surface area contributed by atoms with E-state index in [-0.39, 0.29) is 10.3 Å². The Hall–Kier alpha value is -1.38. The molecule has 1 aromatic carbocycles. The molecule has 1 saturated carbocycles. The highest BCUT2D eigenvalue weighted by Crippen LogP contribution is 2.37. The lowest BCUT2D eigenvalue weighted by atomic mass is 9.89. The molecule has 0 radical (unpaired) electrons. The molecule has 1 fully saturated rings. The topological polar surface area (TPSA) is 70.0 Å². The Bertz CT molecular complexity index is 638. The Morgan fingerprint density at radius 2 is 2.00 bits per heavy atom. The van der Waals surface area contributed by atoms with Crippen molar-refractivity contribution in [2.45, 2.75) is 44.4 Å². The zero-order valence-electron chi connectivity index (χ0n) is 11.9. The quantitative estimate of drug-likeness (QED) is 0.927. The van der Waals surface area contributed by atoms with E-state index in [9.17, 15) is 8.42 Å². The molecule has 0 saturated heterocycles. The first-order valence-corrected chi connectivity index (χ1v) is 8.35. The average molecular weight is 292 g/mol. The van der Waals surface area contributed by atoms with E-state index in [1.165, 1.54) is 18.9 Å². The van der Waals surface area contributed by atoms with Crippen molar-refractivity contribution in [2.75, 3.05) is 6.54 Å². The second-order valence-corrected chi connectivity index (χ2v) is 7.67. The van der Waals surface area contributed by atoms with E-state index >= 15 is 0 Å². The fourth-order valence-corrected chi connectivity index (χ4v) is 4.18. The lowest BCUT2D eigenvalue weighted by molar-refractivity contribution is 0.336. The monoisotopic (exact) mass is 292 g/mol. The predicted octanol–water partition coefficient (Wildman–Crippen LogP) is 2.73. The molecule has 1 aliphatic rings. The van der Waals surface area contributed by atoms with Crippen LogP contribution in [-0.4, -0.2) is 15.0 Å². The van der Waals surface area contributed by atoms with Gasteiger partial charge in [0.1, 0.15) is 0 Å². The molecule has 0 heterocycles. The minimum absolute atomic E-state index is 0.0633. The summed E-state index contributed by atoms with van der Waals surface area (Å²) in [6.07, 6.45) is 4.46. The van der Waals surface area contributed by atoms with E-state index in [2.05, 4.69) is 11.6 Å². The highest BCUT2D eigenvalue weighted by Gasteiger charge is 2.30. The van der Waals surface area contributed by atoms with Crippen molar-refractivity contribution in [1.82, 2.24) is 4.72 Å². The fraction of sp³-hybridized carbons (Fsp3) is 0.533. The van der Waals surface area contributed by atoms with Gasteiger partial charge in [-0.25, -0.2) is 13.1 Å². The lowest BCUT2D eigenvalue weighted by Gasteiger charge is -2.23. The summed E-state index contributed by atoms with van der Waals surface area (Å²) in [6, 6.07) is 6.72. The van der Waals surface area contributed by atoms with Gasteiger partial charge in [-0.15, -0.1) is 0 Å². The smallest absolute Gasteiger partial charge is 0.211 e. The molecule has 1 aromatic rings. The second-order valence-electron chi connectivity index (χ2n) is 5.93. The third kappa shape index (κ3) is 3.20. The number of aryl methyl sites for hydroxylation is 1. The first-order valence-electron chi connectivity index (χ1n) is 6.87. The van der Waals surface area contributed by atoms with Crippen LogP contribution >= 0.6 is 0 Å². The maximum Gasteiger partial charge on any atom is 0.240 e. The standard InChI is InChI=1S/C15H20N2O2S/c1-12-5-6-13(10-16)9-14(12)20(18,19)17-11-15(2)7-3-4-8-15/h5-6,9,17H,3-4,7-8,11H2,1-2H3. The van der Waals surface area contributed by atoms with E-state index in [1.807, 2.05) is 6.07 Å². The number of rotatable bonds is 4. The molecule has 108 valence electrons. The molecule has 0 spiro atoms. The van der Waals surface area contributed by atoms with Gasteiger partial charge >= 0.3 is 0 Å². The summed E-state index contributed by atoms with van der Waals surface area (Å²) in [4.78, 5) is 0.207. The molecule has 1 aliphatic carbocycles. The minimum Gasteiger partial charge on any atom is -0.211 e. The molecule has 0 amide bonds. The molecule has 2 rings (SSSR count). The summed E-state index contributed by atoms with van der Waals surface area (Å²) in [5.74, 6) is 0. The second kappa shape index (κ2) is 5.55. The number of sulfonamides is 1. The molecule has 5 heteroatoms. The summed E-state index contributed by atoms with van der Waals surface area (Å²) in [5, 5.41) is 8.90. The molecular formula is C15H20N2O2S. The van der Waals surface area contributed by atoms with Crippen LogP contribution in [0, 0.1) is 23.7 Å². The highest BCUT2D eigenvalue weighted by atomic mass is 32.2. The molecule has 0 aromatic heterocycles. The minimum atomic E-state index is -3.55. The number of hydrogen-bond donors (Lipinski definition) is 1. The number of hydrogen-bond acceptors (Lipinski definition) is 3. The first-order chi connectivity index (χ1) is 9.36. The summed E-state index contributed by atoms with van der Waals surface area (Å²) in [6.45, 7) is 4.33. The Balaban J connectivity index is 2.20. The molecule has 4 nitrogen and oxygen atoms in total. The van der Waals surface area contributed by atoms with E-state index in [4.69, 9.17) is 5.26 Å². The van der Waals surface area contributed by atoms with Crippen LogP contribution in [-0.2, 0) is 10.0 Å². The van der Waals surface area contributed by atoms with Crippen LogP contribution in [0.2, 0.25) is 0 Å². The van der Waals surface area contributed by atoms with Gasteiger partial charge in [-0.3, -0.25) is 0 Å². The van der Waals surface area contributed by atoms with Crippen LogP contribution in [0.1, 0.15) is 43.7 Å². The van der Waals surface area contributed by atoms with Gasteiger partial charge in [0.2, 0.25) is 10.0 Å². The molecule has 0 bridgehead atoms. The largest absolute Gasteiger partial charge is 0.240 e. The van der Waals surface area contributed by atoms with Gasteiger partial charge in [0.15, 0.2) is 0 Å². The average Bonchev–Trinajstić information content (AvgIpc) is 2.85. The van der Waals surface area contributed by atoms with Crippen molar-refractivity contribution in [3.05, 3.63) is 29.3 Å². The van der Waals surface area contributed by atoms with Crippen LogP contribution in [0.15, 0.2) is 23.1 Å². The van der Waals surface area contributed by atoms with Crippen LogP contribution in [0.3, 0.4) is 0 Å². The van der Waals surface area contributed by atoms with E-state index in [0.29, 0.717) is 17.7 Å². The highest BCUT2D eigenvalue weighted by molar-refractivity contribution is 7.89. The molecular weight excluding hydrogens is 272 g/mol. The van der Waals surface area contributed by atoms with Crippen molar-refractivity contribution >= 4 is 10.0 Å². The maximum absolute atomic E-state index is 12.4. The van der Waals surface area contributed by atoms with Gasteiger partial charge < -0.3 is 0 Å². The molecule has 0 aliphatic heterocycles. The summed E-state index contributed by atoms with van der Waals surface area (Å²) >= 11 is 0. The summed E-state index contributed by atoms with van der Waals surface area (Å²) in [7, 11) is -3.55. The van der Waals surface area contributed by atoms with Crippen LogP contribution < -0.4 is 4.72 Å². The van der Waals surface area contributed by atoms with Gasteiger partial charge in [0.05, 0.1) is 16.5 Å². The Kier molecular flexibility index (Phi) is 4.17. The van der Waals surface area contributed by atoms with Gasteiger partial charge in [-0.2, -0.15) is 5.26 Å². The Labute approximate surface area is 120 Å². The molecule has 1 N–H and O–H groups in total.